The summed E-state index contributed by atoms with van der Waals surface area (Å²) in [5.74, 6) is 0.239. The quantitative estimate of drug-likeness (QED) is 0.627. The fraction of sp³-hybridized carbons (Fsp3) is 0.133. The minimum Gasteiger partial charge on any atom is -0.508 e. The molecule has 3 rings (SSSR count). The van der Waals surface area contributed by atoms with Crippen LogP contribution in [0.3, 0.4) is 0 Å². The molecular formula is C15H12N2O. The van der Waals surface area contributed by atoms with Crippen LogP contribution in [0.15, 0.2) is 24.3 Å². The smallest absolute Gasteiger partial charge is 0.116 e. The third-order valence-electron chi connectivity index (χ3n) is 3.44. The van der Waals surface area contributed by atoms with Crippen LogP contribution in [0.1, 0.15) is 16.7 Å². The topological polar surface area (TPSA) is 59.8 Å². The van der Waals surface area contributed by atoms with Crippen molar-refractivity contribution in [1.29, 1.82) is 5.26 Å². The van der Waals surface area contributed by atoms with Gasteiger partial charge in [-0.1, -0.05) is 0 Å². The third kappa shape index (κ3) is 1.29. The van der Waals surface area contributed by atoms with Crippen molar-refractivity contribution in [3.05, 3.63) is 41.0 Å². The fourth-order valence-corrected chi connectivity index (χ4v) is 2.51. The molecule has 0 saturated heterocycles. The Kier molecular flexibility index (Phi) is 2.08. The molecule has 0 aliphatic carbocycles. The number of hydrogen-bond donors (Lipinski definition) is 2. The Morgan fingerprint density at radius 2 is 2.00 bits per heavy atom. The summed E-state index contributed by atoms with van der Waals surface area (Å²) >= 11 is 0. The molecule has 0 saturated carbocycles. The second-order valence-corrected chi connectivity index (χ2v) is 4.58. The maximum Gasteiger partial charge on any atom is 0.116 e. The van der Waals surface area contributed by atoms with Crippen molar-refractivity contribution in [3.63, 3.8) is 0 Å². The maximum absolute atomic E-state index is 9.62. The second kappa shape index (κ2) is 3.51. The molecule has 3 nitrogen and oxygen atoms in total. The molecule has 3 heteroatoms. The Bertz CT molecular complexity index is 822. The number of fused-ring (bicyclic) bond motifs is 3. The van der Waals surface area contributed by atoms with Crippen LogP contribution in [0.2, 0.25) is 0 Å². The van der Waals surface area contributed by atoms with Gasteiger partial charge in [-0.05, 0) is 49.2 Å². The van der Waals surface area contributed by atoms with Crippen molar-refractivity contribution in [2.75, 3.05) is 0 Å². The zero-order chi connectivity index (χ0) is 12.9. The fourth-order valence-electron chi connectivity index (χ4n) is 2.51. The zero-order valence-corrected chi connectivity index (χ0v) is 10.2. The van der Waals surface area contributed by atoms with Gasteiger partial charge < -0.3 is 10.1 Å². The van der Waals surface area contributed by atoms with Gasteiger partial charge in [0.2, 0.25) is 0 Å². The Hall–Kier alpha value is -2.47. The number of rotatable bonds is 0. The van der Waals surface area contributed by atoms with E-state index >= 15 is 0 Å². The first kappa shape index (κ1) is 10.7. The van der Waals surface area contributed by atoms with Crippen LogP contribution in [0.5, 0.6) is 5.75 Å². The zero-order valence-electron chi connectivity index (χ0n) is 10.2. The number of phenolic OH excluding ortho intramolecular Hbond substituents is 1. The molecule has 1 heterocycles. The molecule has 0 unspecified atom stereocenters. The number of nitrogens with one attached hydrogen (secondary N) is 1. The molecule has 2 N–H and O–H groups in total. The lowest BCUT2D eigenvalue weighted by atomic mass is 9.99. The van der Waals surface area contributed by atoms with Gasteiger partial charge in [-0.25, -0.2) is 0 Å². The summed E-state index contributed by atoms with van der Waals surface area (Å²) < 4.78 is 0. The molecule has 0 radical (unpaired) electrons. The number of nitriles is 1. The SMILES string of the molecule is Cc1cc(C#N)c(C)c2c1[nH]c1ccc(O)cc12. The molecule has 1 aromatic heterocycles. The highest BCUT2D eigenvalue weighted by Crippen LogP contribution is 2.33. The van der Waals surface area contributed by atoms with E-state index in [-0.39, 0.29) is 5.75 Å². The number of phenols is 1. The van der Waals surface area contributed by atoms with Gasteiger partial charge in [0.1, 0.15) is 5.75 Å². The summed E-state index contributed by atoms with van der Waals surface area (Å²) in [4.78, 5) is 3.35. The Morgan fingerprint density at radius 3 is 2.72 bits per heavy atom. The Balaban J connectivity index is 2.62. The summed E-state index contributed by atoms with van der Waals surface area (Å²) in [6.45, 7) is 3.93. The number of aromatic amines is 1. The van der Waals surface area contributed by atoms with Gasteiger partial charge in [0.05, 0.1) is 11.6 Å². The number of nitrogens with zero attached hydrogens (tertiary/aromatic N) is 1. The molecule has 0 atom stereocenters. The number of benzene rings is 2. The number of aromatic nitrogens is 1. The summed E-state index contributed by atoms with van der Waals surface area (Å²) in [5, 5.41) is 20.8. The van der Waals surface area contributed by atoms with Crippen LogP contribution in [-0.2, 0) is 0 Å². The van der Waals surface area contributed by atoms with Crippen LogP contribution in [0.25, 0.3) is 21.8 Å². The van der Waals surface area contributed by atoms with Gasteiger partial charge >= 0.3 is 0 Å². The molecular weight excluding hydrogens is 224 g/mol. The highest BCUT2D eigenvalue weighted by atomic mass is 16.3. The summed E-state index contributed by atoms with van der Waals surface area (Å²) in [7, 11) is 0. The molecule has 0 fully saturated rings. The lowest BCUT2D eigenvalue weighted by Gasteiger charge is -2.03. The molecule has 0 spiro atoms. The lowest BCUT2D eigenvalue weighted by molar-refractivity contribution is 0.476. The number of hydrogen-bond acceptors (Lipinski definition) is 2. The predicted octanol–water partition coefficient (Wildman–Crippen LogP) is 3.52. The van der Waals surface area contributed by atoms with Gasteiger partial charge in [0, 0.05) is 21.8 Å². The van der Waals surface area contributed by atoms with Gasteiger partial charge in [0.15, 0.2) is 0 Å². The summed E-state index contributed by atoms with van der Waals surface area (Å²) in [6, 6.07) is 9.37. The van der Waals surface area contributed by atoms with E-state index in [1.807, 2.05) is 26.0 Å². The Morgan fingerprint density at radius 1 is 1.22 bits per heavy atom. The lowest BCUT2D eigenvalue weighted by Crippen LogP contribution is -1.87. The first-order chi connectivity index (χ1) is 8.61. The van der Waals surface area contributed by atoms with Gasteiger partial charge in [-0.3, -0.25) is 0 Å². The molecule has 0 aliphatic heterocycles. The van der Waals surface area contributed by atoms with Gasteiger partial charge in [0.25, 0.3) is 0 Å². The molecule has 3 aromatic rings. The van der Waals surface area contributed by atoms with Crippen LogP contribution >= 0.6 is 0 Å². The average Bonchev–Trinajstić information content (AvgIpc) is 2.73. The van der Waals surface area contributed by atoms with E-state index in [0.717, 1.165) is 32.9 Å². The normalized spacial score (nSPS) is 10.9. The number of H-pyrrole nitrogens is 1. The summed E-state index contributed by atoms with van der Waals surface area (Å²) in [6.07, 6.45) is 0. The third-order valence-corrected chi connectivity index (χ3v) is 3.44. The van der Waals surface area contributed by atoms with Crippen LogP contribution in [-0.4, -0.2) is 10.1 Å². The van der Waals surface area contributed by atoms with Crippen molar-refractivity contribution >= 4 is 21.8 Å². The van der Waals surface area contributed by atoms with Crippen molar-refractivity contribution in [3.8, 4) is 11.8 Å². The van der Waals surface area contributed by atoms with E-state index in [0.29, 0.717) is 5.56 Å². The highest BCUT2D eigenvalue weighted by Gasteiger charge is 2.12. The molecule has 0 amide bonds. The standard InChI is InChI=1S/C15H12N2O/c1-8-5-10(7-16)9(2)14-12-6-11(18)3-4-13(12)17-15(8)14/h3-6,17-18H,1-2H3. The van der Waals surface area contributed by atoms with E-state index in [1.165, 1.54) is 0 Å². The number of aromatic hydroxyl groups is 1. The molecule has 0 bridgehead atoms. The monoisotopic (exact) mass is 236 g/mol. The van der Waals surface area contributed by atoms with E-state index in [9.17, 15) is 5.11 Å². The first-order valence-corrected chi connectivity index (χ1v) is 5.76. The van der Waals surface area contributed by atoms with E-state index in [2.05, 4.69) is 11.1 Å². The van der Waals surface area contributed by atoms with Crippen molar-refractivity contribution in [2.45, 2.75) is 13.8 Å². The van der Waals surface area contributed by atoms with Crippen LogP contribution in [0.4, 0.5) is 0 Å². The van der Waals surface area contributed by atoms with Crippen molar-refractivity contribution in [1.82, 2.24) is 4.98 Å². The van der Waals surface area contributed by atoms with Crippen LogP contribution < -0.4 is 0 Å². The molecule has 0 aliphatic rings. The van der Waals surface area contributed by atoms with Crippen LogP contribution in [0, 0.1) is 25.2 Å². The average molecular weight is 236 g/mol. The predicted molar refractivity (Wildman–Crippen MR) is 71.7 cm³/mol. The van der Waals surface area contributed by atoms with Crippen molar-refractivity contribution in [2.24, 2.45) is 0 Å². The van der Waals surface area contributed by atoms with Crippen molar-refractivity contribution < 1.29 is 5.11 Å². The molecule has 18 heavy (non-hydrogen) atoms. The minimum atomic E-state index is 0.239. The van der Waals surface area contributed by atoms with E-state index in [4.69, 9.17) is 5.26 Å². The van der Waals surface area contributed by atoms with E-state index < -0.39 is 0 Å². The number of aryl methyl sites for hydroxylation is 2. The minimum absolute atomic E-state index is 0.239. The van der Waals surface area contributed by atoms with Gasteiger partial charge in [-0.2, -0.15) is 5.26 Å². The first-order valence-electron chi connectivity index (χ1n) is 5.76. The second-order valence-electron chi connectivity index (χ2n) is 4.58. The maximum atomic E-state index is 9.62. The van der Waals surface area contributed by atoms with E-state index in [1.54, 1.807) is 12.1 Å². The Labute approximate surface area is 104 Å². The summed E-state index contributed by atoms with van der Waals surface area (Å²) in [5.41, 5.74) is 4.69. The van der Waals surface area contributed by atoms with Gasteiger partial charge in [-0.15, -0.1) is 0 Å². The molecule has 88 valence electrons. The largest absolute Gasteiger partial charge is 0.508 e. The molecule has 2 aromatic carbocycles. The highest BCUT2D eigenvalue weighted by molar-refractivity contribution is 6.10.